The lowest BCUT2D eigenvalue weighted by Gasteiger charge is -2.24. The summed E-state index contributed by atoms with van der Waals surface area (Å²) in [5, 5.41) is 7.14. The number of hydrogen-bond acceptors (Lipinski definition) is 2. The van der Waals surface area contributed by atoms with Gasteiger partial charge < -0.3 is 13.7 Å². The van der Waals surface area contributed by atoms with Gasteiger partial charge in [-0.05, 0) is 126 Å². The molecule has 4 heterocycles. The van der Waals surface area contributed by atoms with Gasteiger partial charge in [-0.3, -0.25) is 0 Å². The number of benzene rings is 13. The molecule has 0 amide bonds. The molecule has 0 saturated carbocycles. The van der Waals surface area contributed by atoms with E-state index in [2.05, 4.69) is 331 Å². The van der Waals surface area contributed by atoms with E-state index in [1.165, 1.54) is 65.7 Å². The molecule has 0 aliphatic carbocycles. The summed E-state index contributed by atoms with van der Waals surface area (Å²) >= 11 is 0. The van der Waals surface area contributed by atoms with Crippen LogP contribution in [0.5, 0.6) is 0 Å². The van der Waals surface area contributed by atoms with E-state index in [0.717, 1.165) is 100 Å². The minimum absolute atomic E-state index is 0.654. The van der Waals surface area contributed by atoms with Gasteiger partial charge in [-0.15, -0.1) is 0 Å². The summed E-state index contributed by atoms with van der Waals surface area (Å²) < 4.78 is 7.53. The lowest BCUT2D eigenvalue weighted by molar-refractivity contribution is 1.15. The van der Waals surface area contributed by atoms with E-state index < -0.39 is 0 Å². The van der Waals surface area contributed by atoms with Gasteiger partial charge in [0.1, 0.15) is 0 Å². The van der Waals surface area contributed by atoms with Crippen molar-refractivity contribution in [3.05, 3.63) is 321 Å². The zero-order valence-electron chi connectivity index (χ0n) is 49.2. The Kier molecular flexibility index (Phi) is 12.3. The van der Waals surface area contributed by atoms with Crippen LogP contribution in [0, 0.1) is 13.8 Å². The first kappa shape index (κ1) is 51.7. The summed E-state index contributed by atoms with van der Waals surface area (Å²) in [4.78, 5) is 11.0. The molecular formula is C84H57N5. The molecule has 17 aromatic rings. The Hall–Kier alpha value is -11.7. The van der Waals surface area contributed by atoms with Crippen LogP contribution >= 0.6 is 0 Å². The first-order valence-corrected chi connectivity index (χ1v) is 30.6. The average Bonchev–Trinajstić information content (AvgIpc) is 1.83. The second kappa shape index (κ2) is 21.1. The van der Waals surface area contributed by atoms with Crippen LogP contribution in [0.2, 0.25) is 0 Å². The van der Waals surface area contributed by atoms with Crippen molar-refractivity contribution < 1.29 is 0 Å². The summed E-state index contributed by atoms with van der Waals surface area (Å²) in [5.41, 5.74) is 25.9. The number of aryl methyl sites for hydroxylation is 2. The highest BCUT2D eigenvalue weighted by molar-refractivity contribution is 6.15. The third-order valence-electron chi connectivity index (χ3n) is 18.2. The van der Waals surface area contributed by atoms with E-state index in [9.17, 15) is 0 Å². The third kappa shape index (κ3) is 8.53. The third-order valence-corrected chi connectivity index (χ3v) is 18.2. The monoisotopic (exact) mass is 1140 g/mol. The van der Waals surface area contributed by atoms with Gasteiger partial charge in [0.25, 0.3) is 0 Å². The van der Waals surface area contributed by atoms with Crippen LogP contribution in [-0.2, 0) is 0 Å². The highest BCUT2D eigenvalue weighted by Gasteiger charge is 2.28. The van der Waals surface area contributed by atoms with Crippen molar-refractivity contribution in [3.63, 3.8) is 0 Å². The van der Waals surface area contributed by atoms with E-state index in [1.807, 2.05) is 6.07 Å². The molecule has 0 radical (unpaired) electrons. The molecule has 89 heavy (non-hydrogen) atoms. The second-order valence-electron chi connectivity index (χ2n) is 23.3. The Morgan fingerprint density at radius 1 is 0.225 bits per heavy atom. The first-order valence-electron chi connectivity index (χ1n) is 30.6. The predicted octanol–water partition coefficient (Wildman–Crippen LogP) is 22.1. The molecule has 13 aromatic carbocycles. The van der Waals surface area contributed by atoms with E-state index in [1.54, 1.807) is 0 Å². The van der Waals surface area contributed by atoms with Crippen molar-refractivity contribution in [2.75, 3.05) is 0 Å². The van der Waals surface area contributed by atoms with Crippen LogP contribution in [0.1, 0.15) is 11.1 Å². The fourth-order valence-corrected chi connectivity index (χ4v) is 14.1. The smallest absolute Gasteiger partial charge is 0.160 e. The maximum atomic E-state index is 5.63. The van der Waals surface area contributed by atoms with Crippen LogP contribution in [0.4, 0.5) is 0 Å². The molecule has 4 aromatic heterocycles. The number of fused-ring (bicyclic) bond motifs is 9. The first-order chi connectivity index (χ1) is 44.0. The van der Waals surface area contributed by atoms with E-state index in [0.29, 0.717) is 5.82 Å². The zero-order valence-corrected chi connectivity index (χ0v) is 49.2. The van der Waals surface area contributed by atoms with Crippen molar-refractivity contribution in [2.24, 2.45) is 0 Å². The van der Waals surface area contributed by atoms with Crippen LogP contribution in [0.3, 0.4) is 0 Å². The Bertz CT molecular complexity index is 5200. The van der Waals surface area contributed by atoms with Crippen molar-refractivity contribution in [3.8, 4) is 95.5 Å². The van der Waals surface area contributed by atoms with Gasteiger partial charge in [0, 0.05) is 71.3 Å². The summed E-state index contributed by atoms with van der Waals surface area (Å²) in [6.07, 6.45) is 0. The molecule has 0 fully saturated rings. The van der Waals surface area contributed by atoms with E-state index >= 15 is 0 Å². The quantitative estimate of drug-likeness (QED) is 0.137. The number of rotatable bonds is 10. The molecule has 0 aliphatic rings. The molecule has 0 bridgehead atoms. The molecule has 0 spiro atoms. The van der Waals surface area contributed by atoms with Crippen molar-refractivity contribution in [1.82, 2.24) is 23.7 Å². The maximum Gasteiger partial charge on any atom is 0.160 e. The maximum absolute atomic E-state index is 5.63. The van der Waals surface area contributed by atoms with Crippen LogP contribution in [-0.4, -0.2) is 23.7 Å². The minimum Gasteiger partial charge on any atom is -0.309 e. The van der Waals surface area contributed by atoms with Gasteiger partial charge in [-0.1, -0.05) is 231 Å². The number of para-hydroxylation sites is 6. The van der Waals surface area contributed by atoms with Crippen LogP contribution < -0.4 is 0 Å². The lowest BCUT2D eigenvalue weighted by atomic mass is 9.90. The van der Waals surface area contributed by atoms with Gasteiger partial charge in [0.05, 0.1) is 61.6 Å². The SMILES string of the molecule is Cc1ccccc1-c1ccc2c(c1)c1cc(-c3ccccc3C)ccc1n2-c1c(-c2ccccc2-n2c3ccccc3c3ccccc32)cc(-c2cc(-c3ccccc3)nc(-c3ccccc3)n2)cc1-c1ccccc1-n1c2ccccc2c2ccccc21. The van der Waals surface area contributed by atoms with Crippen molar-refractivity contribution >= 4 is 65.4 Å². The van der Waals surface area contributed by atoms with E-state index in [4.69, 9.17) is 9.97 Å². The van der Waals surface area contributed by atoms with Crippen LogP contribution in [0.25, 0.3) is 161 Å². The van der Waals surface area contributed by atoms with Crippen molar-refractivity contribution in [2.45, 2.75) is 13.8 Å². The molecular weight excluding hydrogens is 1080 g/mol. The summed E-state index contributed by atoms with van der Waals surface area (Å²) in [7, 11) is 0. The van der Waals surface area contributed by atoms with E-state index in [-0.39, 0.29) is 0 Å². The molecule has 418 valence electrons. The second-order valence-corrected chi connectivity index (χ2v) is 23.3. The number of hydrogen-bond donors (Lipinski definition) is 0. The van der Waals surface area contributed by atoms with Gasteiger partial charge in [0.2, 0.25) is 0 Å². The van der Waals surface area contributed by atoms with Gasteiger partial charge in [-0.25, -0.2) is 9.97 Å². The fraction of sp³-hybridized carbons (Fsp3) is 0.0238. The molecule has 5 nitrogen and oxygen atoms in total. The van der Waals surface area contributed by atoms with Crippen molar-refractivity contribution in [1.29, 1.82) is 0 Å². The van der Waals surface area contributed by atoms with Gasteiger partial charge >= 0.3 is 0 Å². The Morgan fingerprint density at radius 2 is 0.573 bits per heavy atom. The fourth-order valence-electron chi connectivity index (χ4n) is 14.1. The van der Waals surface area contributed by atoms with Crippen LogP contribution in [0.15, 0.2) is 309 Å². The highest BCUT2D eigenvalue weighted by atomic mass is 15.0. The summed E-state index contributed by atoms with van der Waals surface area (Å²) in [6, 6.07) is 113. The predicted molar refractivity (Wildman–Crippen MR) is 373 cm³/mol. The molecule has 0 saturated heterocycles. The Labute approximate surface area is 516 Å². The largest absolute Gasteiger partial charge is 0.309 e. The average molecular weight is 1140 g/mol. The molecule has 0 unspecified atom stereocenters. The molecule has 0 N–H and O–H groups in total. The highest BCUT2D eigenvalue weighted by Crippen LogP contribution is 2.49. The lowest BCUT2D eigenvalue weighted by Crippen LogP contribution is -2.06. The zero-order chi connectivity index (χ0) is 59.1. The molecule has 0 atom stereocenters. The molecule has 0 aliphatic heterocycles. The number of aromatic nitrogens is 5. The number of nitrogens with zero attached hydrogens (tertiary/aromatic N) is 5. The summed E-state index contributed by atoms with van der Waals surface area (Å²) in [6.45, 7) is 4.43. The standard InChI is InChI=1S/C84H57N5/c1-54-25-9-11-31-61(54)58-45-47-81-69(49-58)70-50-59(62-32-12-10-26-55(62)2)46-48-82(70)89(81)83-71(67-37-17-23-43-79(67)87-75-39-19-13-33-63(75)64-34-14-20-40-76(64)87)51-60(74-53-73(56-27-5-3-6-28-56)85-84(86-74)57-29-7-4-8-30-57)52-72(83)68-38-18-24-44-80(68)88-77-41-21-15-35-65(77)66-36-16-22-42-78(66)88/h3-53H,1-2H3. The minimum atomic E-state index is 0.654. The Balaban J connectivity index is 1.07. The van der Waals surface area contributed by atoms with Gasteiger partial charge in [-0.2, -0.15) is 0 Å². The van der Waals surface area contributed by atoms with Gasteiger partial charge in [0.15, 0.2) is 5.82 Å². The topological polar surface area (TPSA) is 40.6 Å². The normalized spacial score (nSPS) is 11.7. The molecule has 17 rings (SSSR count). The Morgan fingerprint density at radius 3 is 1.01 bits per heavy atom. The summed E-state index contributed by atoms with van der Waals surface area (Å²) in [5.74, 6) is 0.654. The molecule has 5 heteroatoms.